The molecule has 2 aromatic rings. The summed E-state index contributed by atoms with van der Waals surface area (Å²) < 4.78 is 50.4. The highest BCUT2D eigenvalue weighted by Crippen LogP contribution is 2.31. The minimum absolute atomic E-state index is 0.0674. The van der Waals surface area contributed by atoms with Crippen LogP contribution in [0.5, 0.6) is 0 Å². The molecule has 0 amide bonds. The van der Waals surface area contributed by atoms with Crippen molar-refractivity contribution in [2.75, 3.05) is 13.2 Å². The van der Waals surface area contributed by atoms with Gasteiger partial charge in [0.15, 0.2) is 6.29 Å². The molecule has 0 spiro atoms. The molecule has 25 heavy (non-hydrogen) atoms. The van der Waals surface area contributed by atoms with Crippen LogP contribution in [0.3, 0.4) is 0 Å². The highest BCUT2D eigenvalue weighted by Gasteiger charge is 2.35. The summed E-state index contributed by atoms with van der Waals surface area (Å²) in [5, 5.41) is 0.285. The van der Waals surface area contributed by atoms with Crippen molar-refractivity contribution in [3.63, 3.8) is 0 Å². The van der Waals surface area contributed by atoms with Gasteiger partial charge >= 0.3 is 11.9 Å². The highest BCUT2D eigenvalue weighted by atomic mass is 35.5. The summed E-state index contributed by atoms with van der Waals surface area (Å²) >= 11 is 6.08. The van der Waals surface area contributed by atoms with E-state index >= 15 is 0 Å². The summed E-state index contributed by atoms with van der Waals surface area (Å²) in [5.41, 5.74) is -3.10. The van der Waals surface area contributed by atoms with E-state index in [1.807, 2.05) is 0 Å². The lowest BCUT2D eigenvalue weighted by molar-refractivity contribution is -0.144. The number of benzene rings is 1. The Morgan fingerprint density at radius 3 is 2.40 bits per heavy atom. The lowest BCUT2D eigenvalue weighted by Crippen LogP contribution is -2.40. The van der Waals surface area contributed by atoms with Gasteiger partial charge in [-0.2, -0.15) is 13.2 Å². The summed E-state index contributed by atoms with van der Waals surface area (Å²) in [6.07, 6.45) is -5.58. The molecule has 2 heterocycles. The van der Waals surface area contributed by atoms with Crippen molar-refractivity contribution in [3.8, 4) is 5.69 Å². The van der Waals surface area contributed by atoms with Gasteiger partial charge in [-0.3, -0.25) is 9.36 Å². The number of ether oxygens (including phenoxy) is 2. The second-order valence-electron chi connectivity index (χ2n) is 5.32. The Morgan fingerprint density at radius 2 is 1.80 bits per heavy atom. The van der Waals surface area contributed by atoms with E-state index in [1.54, 1.807) is 0 Å². The van der Waals surface area contributed by atoms with Crippen molar-refractivity contribution < 1.29 is 22.6 Å². The molecule has 1 fully saturated rings. The minimum atomic E-state index is -4.82. The van der Waals surface area contributed by atoms with E-state index in [9.17, 15) is 22.8 Å². The molecule has 6 nitrogen and oxygen atoms in total. The lowest BCUT2D eigenvalue weighted by Gasteiger charge is -2.16. The van der Waals surface area contributed by atoms with Gasteiger partial charge in [0, 0.05) is 23.7 Å². The molecule has 1 saturated heterocycles. The molecule has 0 radical (unpaired) electrons. The number of alkyl halides is 3. The Morgan fingerprint density at radius 1 is 1.16 bits per heavy atom. The molecule has 1 aliphatic heterocycles. The average Bonchev–Trinajstić information content (AvgIpc) is 3.05. The third kappa shape index (κ3) is 3.22. The number of hydrogen-bond donors (Lipinski definition) is 0. The van der Waals surface area contributed by atoms with Crippen molar-refractivity contribution in [2.45, 2.75) is 12.5 Å². The van der Waals surface area contributed by atoms with E-state index in [1.165, 1.54) is 18.2 Å². The van der Waals surface area contributed by atoms with Crippen molar-refractivity contribution in [1.82, 2.24) is 9.13 Å². The molecular weight excluding hydrogens is 365 g/mol. The molecule has 134 valence electrons. The summed E-state index contributed by atoms with van der Waals surface area (Å²) in [6.45, 7) is 0.709. The van der Waals surface area contributed by atoms with Crippen LogP contribution in [-0.2, 0) is 22.7 Å². The minimum Gasteiger partial charge on any atom is -0.346 e. The van der Waals surface area contributed by atoms with Crippen molar-refractivity contribution in [3.05, 3.63) is 61.4 Å². The Hall–Kier alpha value is -2.10. The second kappa shape index (κ2) is 6.32. The molecule has 1 aliphatic rings. The third-order valence-electron chi connectivity index (χ3n) is 3.72. The van der Waals surface area contributed by atoms with Gasteiger partial charge in [0.05, 0.1) is 18.9 Å². The number of rotatable bonds is 2. The maximum absolute atomic E-state index is 12.9. The molecule has 0 unspecified atom stereocenters. The quantitative estimate of drug-likeness (QED) is 0.806. The monoisotopic (exact) mass is 376 g/mol. The zero-order chi connectivity index (χ0) is 18.4. The fraction of sp³-hybridized carbons (Fsp3) is 0.333. The van der Waals surface area contributed by atoms with Crippen LogP contribution in [0.15, 0.2) is 33.9 Å². The molecule has 0 saturated carbocycles. The van der Waals surface area contributed by atoms with Crippen LogP contribution in [0.1, 0.15) is 17.5 Å². The van der Waals surface area contributed by atoms with Crippen LogP contribution in [0.25, 0.3) is 5.69 Å². The van der Waals surface area contributed by atoms with Crippen LogP contribution < -0.4 is 11.2 Å². The van der Waals surface area contributed by atoms with Crippen LogP contribution >= 0.6 is 11.6 Å². The van der Waals surface area contributed by atoms with Gasteiger partial charge in [-0.15, -0.1) is 0 Å². The molecule has 0 bridgehead atoms. The number of halogens is 4. The average molecular weight is 377 g/mol. The molecule has 0 N–H and O–H groups in total. The normalized spacial score (nSPS) is 15.7. The van der Waals surface area contributed by atoms with Gasteiger partial charge < -0.3 is 9.47 Å². The summed E-state index contributed by atoms with van der Waals surface area (Å²) in [5.74, 6) is 0. The summed E-state index contributed by atoms with van der Waals surface area (Å²) in [4.78, 5) is 24.4. The first-order valence-corrected chi connectivity index (χ1v) is 7.51. The first-order chi connectivity index (χ1) is 11.7. The van der Waals surface area contributed by atoms with Crippen molar-refractivity contribution in [2.24, 2.45) is 7.05 Å². The maximum atomic E-state index is 12.9. The molecule has 0 atom stereocenters. The van der Waals surface area contributed by atoms with Crippen molar-refractivity contribution >= 4 is 11.6 Å². The molecule has 3 rings (SSSR count). The Bertz CT molecular complexity index is 930. The number of nitrogens with zero attached hydrogens (tertiary/aromatic N) is 2. The van der Waals surface area contributed by atoms with Gasteiger partial charge in [-0.05, 0) is 18.2 Å². The number of aromatic nitrogens is 2. The van der Waals surface area contributed by atoms with E-state index in [-0.39, 0.29) is 10.7 Å². The zero-order valence-electron chi connectivity index (χ0n) is 12.8. The van der Waals surface area contributed by atoms with Gasteiger partial charge in [0.2, 0.25) is 0 Å². The van der Waals surface area contributed by atoms with Crippen molar-refractivity contribution in [1.29, 1.82) is 0 Å². The van der Waals surface area contributed by atoms with Gasteiger partial charge in [0.25, 0.3) is 5.56 Å². The Balaban J connectivity index is 2.18. The fourth-order valence-corrected chi connectivity index (χ4v) is 2.73. The predicted octanol–water partition coefficient (Wildman–Crippen LogP) is 2.25. The van der Waals surface area contributed by atoms with Crippen LogP contribution in [0, 0.1) is 0 Å². The second-order valence-corrected chi connectivity index (χ2v) is 5.73. The largest absolute Gasteiger partial charge is 0.431 e. The first-order valence-electron chi connectivity index (χ1n) is 7.13. The van der Waals surface area contributed by atoms with E-state index in [2.05, 4.69) is 0 Å². The molecular formula is C15H12ClF3N2O4. The van der Waals surface area contributed by atoms with Crippen LogP contribution in [0.4, 0.5) is 13.2 Å². The lowest BCUT2D eigenvalue weighted by atomic mass is 10.2. The predicted molar refractivity (Wildman–Crippen MR) is 81.9 cm³/mol. The van der Waals surface area contributed by atoms with Gasteiger partial charge in [-0.25, -0.2) is 9.36 Å². The Labute approximate surface area is 144 Å². The van der Waals surface area contributed by atoms with Gasteiger partial charge in [0.1, 0.15) is 5.69 Å². The Kier molecular flexibility index (Phi) is 4.48. The summed E-state index contributed by atoms with van der Waals surface area (Å²) in [6, 6.07) is 4.53. The zero-order valence-corrected chi connectivity index (χ0v) is 13.6. The SMILES string of the molecule is Cn1c(C(F)(F)F)cc(=O)n(-c2ccc(Cl)c(C3OCCO3)c2)c1=O. The maximum Gasteiger partial charge on any atom is 0.431 e. The van der Waals surface area contributed by atoms with E-state index < -0.39 is 29.4 Å². The van der Waals surface area contributed by atoms with Gasteiger partial charge in [-0.1, -0.05) is 11.6 Å². The molecule has 10 heteroatoms. The summed E-state index contributed by atoms with van der Waals surface area (Å²) in [7, 11) is 0.946. The van der Waals surface area contributed by atoms with Crippen LogP contribution in [0.2, 0.25) is 5.02 Å². The smallest absolute Gasteiger partial charge is 0.346 e. The molecule has 1 aromatic carbocycles. The van der Waals surface area contributed by atoms with Crippen LogP contribution in [-0.4, -0.2) is 22.3 Å². The topological polar surface area (TPSA) is 62.5 Å². The van der Waals surface area contributed by atoms with E-state index in [0.717, 1.165) is 7.05 Å². The molecule has 0 aliphatic carbocycles. The third-order valence-corrected chi connectivity index (χ3v) is 4.07. The van der Waals surface area contributed by atoms with E-state index in [0.29, 0.717) is 34.0 Å². The van der Waals surface area contributed by atoms with E-state index in [4.69, 9.17) is 21.1 Å². The molecule has 1 aromatic heterocycles. The highest BCUT2D eigenvalue weighted by molar-refractivity contribution is 6.31. The first kappa shape index (κ1) is 17.7. The standard InChI is InChI=1S/C15H12ClF3N2O4/c1-20-11(15(17,18)19)7-12(22)21(14(20)23)8-2-3-10(16)9(6-8)13-24-4-5-25-13/h2-3,6-7,13H,4-5H2,1H3. The number of hydrogen-bond acceptors (Lipinski definition) is 4. The fourth-order valence-electron chi connectivity index (χ4n) is 2.52.